The molecule has 9 heteroatoms. The van der Waals surface area contributed by atoms with Crippen molar-refractivity contribution in [3.63, 3.8) is 0 Å². The molecule has 2 rings (SSSR count). The van der Waals surface area contributed by atoms with Crippen LogP contribution in [-0.2, 0) is 16.1 Å². The summed E-state index contributed by atoms with van der Waals surface area (Å²) in [5, 5.41) is 13.3. The van der Waals surface area contributed by atoms with Crippen molar-refractivity contribution >= 4 is 23.3 Å². The second-order valence-electron chi connectivity index (χ2n) is 5.47. The third-order valence-corrected chi connectivity index (χ3v) is 3.52. The Balaban J connectivity index is 1.88. The van der Waals surface area contributed by atoms with Gasteiger partial charge in [-0.25, -0.2) is 9.18 Å². The number of nitrogen functional groups attached to an aromatic ring is 1. The molecule has 0 saturated carbocycles. The number of nitrogens with two attached hydrogens (primary N) is 1. The molecule has 8 nitrogen and oxygen atoms in total. The van der Waals surface area contributed by atoms with E-state index in [1.807, 2.05) is 0 Å². The topological polar surface area (TPSA) is 125 Å². The van der Waals surface area contributed by atoms with Gasteiger partial charge in [0.2, 0.25) is 0 Å². The van der Waals surface area contributed by atoms with Gasteiger partial charge in [-0.15, -0.1) is 0 Å². The number of nitrogens with zero attached hydrogens (tertiary/aromatic N) is 1. The third-order valence-electron chi connectivity index (χ3n) is 3.52. The van der Waals surface area contributed by atoms with Crippen molar-refractivity contribution in [2.45, 2.75) is 13.5 Å². The molecule has 0 saturated heterocycles. The second-order valence-corrected chi connectivity index (χ2v) is 5.47. The van der Waals surface area contributed by atoms with Crippen LogP contribution < -0.4 is 11.1 Å². The molecule has 0 aromatic heterocycles. The highest BCUT2D eigenvalue weighted by atomic mass is 19.1. The van der Waals surface area contributed by atoms with Crippen molar-refractivity contribution in [2.24, 2.45) is 0 Å². The van der Waals surface area contributed by atoms with Gasteiger partial charge in [-0.3, -0.25) is 14.9 Å². The van der Waals surface area contributed by atoms with Gasteiger partial charge in [0.15, 0.2) is 6.61 Å². The molecule has 136 valence electrons. The largest absolute Gasteiger partial charge is 0.452 e. The number of ether oxygens (including phenoxy) is 1. The number of carbonyl (C=O) groups is 2. The van der Waals surface area contributed by atoms with E-state index in [-0.39, 0.29) is 23.6 Å². The minimum atomic E-state index is -0.898. The summed E-state index contributed by atoms with van der Waals surface area (Å²) in [5.74, 6) is -1.87. The minimum Gasteiger partial charge on any atom is -0.452 e. The molecule has 0 spiro atoms. The van der Waals surface area contributed by atoms with Crippen LogP contribution in [0.2, 0.25) is 0 Å². The first-order chi connectivity index (χ1) is 12.3. The minimum absolute atomic E-state index is 0.0704. The van der Waals surface area contributed by atoms with Gasteiger partial charge >= 0.3 is 5.97 Å². The third kappa shape index (κ3) is 4.76. The first-order valence-corrected chi connectivity index (χ1v) is 7.50. The molecule has 1 amide bonds. The van der Waals surface area contributed by atoms with Gasteiger partial charge in [-0.2, -0.15) is 0 Å². The highest BCUT2D eigenvalue weighted by molar-refractivity contribution is 5.92. The Morgan fingerprint density at radius 2 is 2.00 bits per heavy atom. The summed E-state index contributed by atoms with van der Waals surface area (Å²) in [6.07, 6.45) is 0. The molecule has 0 aliphatic heterocycles. The Bertz CT molecular complexity index is 869. The number of benzene rings is 2. The normalized spacial score (nSPS) is 10.2. The maximum absolute atomic E-state index is 13.4. The quantitative estimate of drug-likeness (QED) is 0.351. The number of carbonyl (C=O) groups excluding carboxylic acids is 2. The van der Waals surface area contributed by atoms with E-state index in [4.69, 9.17) is 10.5 Å². The van der Waals surface area contributed by atoms with E-state index in [9.17, 15) is 24.1 Å². The Labute approximate surface area is 147 Å². The number of nitro benzene ring substituents is 1. The second kappa shape index (κ2) is 8.06. The zero-order chi connectivity index (χ0) is 19.3. The molecule has 0 bridgehead atoms. The first-order valence-electron chi connectivity index (χ1n) is 7.50. The van der Waals surface area contributed by atoms with Gasteiger partial charge in [0.05, 0.1) is 10.5 Å². The summed E-state index contributed by atoms with van der Waals surface area (Å²) < 4.78 is 18.2. The van der Waals surface area contributed by atoms with E-state index >= 15 is 0 Å². The summed E-state index contributed by atoms with van der Waals surface area (Å²) in [6, 6.07) is 8.00. The van der Waals surface area contributed by atoms with Gasteiger partial charge in [-0.05, 0) is 36.2 Å². The Morgan fingerprint density at radius 3 is 2.65 bits per heavy atom. The number of amides is 1. The van der Waals surface area contributed by atoms with Crippen molar-refractivity contribution in [1.29, 1.82) is 0 Å². The molecule has 0 fully saturated rings. The summed E-state index contributed by atoms with van der Waals surface area (Å²) in [7, 11) is 0. The standard InChI is InChI=1S/C17H16FN3O5/c1-10-2-3-11(6-13(10)18)8-20-16(22)9-26-17(23)12-4-5-14(19)15(7-12)21(24)25/h2-7H,8-9,19H2,1H3,(H,20,22). The Morgan fingerprint density at radius 1 is 1.27 bits per heavy atom. The highest BCUT2D eigenvalue weighted by Crippen LogP contribution is 2.22. The molecule has 0 aliphatic rings. The lowest BCUT2D eigenvalue weighted by atomic mass is 10.1. The Kier molecular flexibility index (Phi) is 5.84. The van der Waals surface area contributed by atoms with E-state index in [1.165, 1.54) is 18.2 Å². The molecule has 26 heavy (non-hydrogen) atoms. The fourth-order valence-electron chi connectivity index (χ4n) is 2.04. The molecule has 0 heterocycles. The maximum atomic E-state index is 13.4. The van der Waals surface area contributed by atoms with Gasteiger partial charge in [0.25, 0.3) is 11.6 Å². The molecule has 0 aliphatic carbocycles. The SMILES string of the molecule is Cc1ccc(CNC(=O)COC(=O)c2ccc(N)c([N+](=O)[O-])c2)cc1F. The lowest BCUT2D eigenvalue weighted by Gasteiger charge is -2.08. The molecular formula is C17H16FN3O5. The van der Waals surface area contributed by atoms with Crippen LogP contribution in [0.15, 0.2) is 36.4 Å². The van der Waals surface area contributed by atoms with Crippen LogP contribution in [0.1, 0.15) is 21.5 Å². The van der Waals surface area contributed by atoms with Crippen molar-refractivity contribution in [3.05, 3.63) is 69.0 Å². The van der Waals surface area contributed by atoms with E-state index < -0.39 is 29.1 Å². The lowest BCUT2D eigenvalue weighted by Crippen LogP contribution is -2.28. The number of nitrogens with one attached hydrogen (secondary N) is 1. The van der Waals surface area contributed by atoms with Crippen LogP contribution in [-0.4, -0.2) is 23.4 Å². The molecule has 2 aromatic rings. The van der Waals surface area contributed by atoms with Crippen LogP contribution in [0.4, 0.5) is 15.8 Å². The van der Waals surface area contributed by atoms with Gasteiger partial charge in [0, 0.05) is 12.6 Å². The summed E-state index contributed by atoms with van der Waals surface area (Å²) >= 11 is 0. The first kappa shape index (κ1) is 18.8. The molecule has 0 radical (unpaired) electrons. The smallest absolute Gasteiger partial charge is 0.338 e. The average Bonchev–Trinajstić information content (AvgIpc) is 2.60. The van der Waals surface area contributed by atoms with Crippen LogP contribution in [0.5, 0.6) is 0 Å². The number of hydrogen-bond donors (Lipinski definition) is 2. The number of aryl methyl sites for hydroxylation is 1. The van der Waals surface area contributed by atoms with Crippen molar-refractivity contribution < 1.29 is 23.6 Å². The molecular weight excluding hydrogens is 345 g/mol. The van der Waals surface area contributed by atoms with E-state index in [0.29, 0.717) is 11.1 Å². The monoisotopic (exact) mass is 361 g/mol. The van der Waals surface area contributed by atoms with E-state index in [0.717, 1.165) is 6.07 Å². The number of esters is 1. The zero-order valence-electron chi connectivity index (χ0n) is 13.8. The van der Waals surface area contributed by atoms with E-state index in [1.54, 1.807) is 19.1 Å². The van der Waals surface area contributed by atoms with Crippen LogP contribution in [0.25, 0.3) is 0 Å². The fourth-order valence-corrected chi connectivity index (χ4v) is 2.04. The number of hydrogen-bond acceptors (Lipinski definition) is 6. The molecule has 0 atom stereocenters. The maximum Gasteiger partial charge on any atom is 0.338 e. The zero-order valence-corrected chi connectivity index (χ0v) is 13.8. The van der Waals surface area contributed by atoms with Crippen molar-refractivity contribution in [1.82, 2.24) is 5.32 Å². The van der Waals surface area contributed by atoms with Gasteiger partial charge in [-0.1, -0.05) is 12.1 Å². The van der Waals surface area contributed by atoms with Crippen molar-refractivity contribution in [3.8, 4) is 0 Å². The highest BCUT2D eigenvalue weighted by Gasteiger charge is 2.17. The van der Waals surface area contributed by atoms with Crippen molar-refractivity contribution in [2.75, 3.05) is 12.3 Å². The van der Waals surface area contributed by atoms with E-state index in [2.05, 4.69) is 5.32 Å². The molecule has 2 aromatic carbocycles. The number of halogens is 1. The molecule has 0 unspecified atom stereocenters. The number of rotatable bonds is 6. The predicted octanol–water partition coefficient (Wildman–Crippen LogP) is 2.10. The van der Waals surface area contributed by atoms with Gasteiger partial charge in [0.1, 0.15) is 11.5 Å². The summed E-state index contributed by atoms with van der Waals surface area (Å²) in [6.45, 7) is 1.12. The molecule has 3 N–H and O–H groups in total. The van der Waals surface area contributed by atoms with Crippen LogP contribution >= 0.6 is 0 Å². The van der Waals surface area contributed by atoms with Crippen LogP contribution in [0, 0.1) is 22.9 Å². The number of nitro groups is 1. The van der Waals surface area contributed by atoms with Crippen LogP contribution in [0.3, 0.4) is 0 Å². The fraction of sp³-hybridized carbons (Fsp3) is 0.176. The summed E-state index contributed by atoms with van der Waals surface area (Å²) in [4.78, 5) is 33.7. The number of anilines is 1. The Hall–Kier alpha value is -3.49. The average molecular weight is 361 g/mol. The van der Waals surface area contributed by atoms with Gasteiger partial charge < -0.3 is 15.8 Å². The predicted molar refractivity (Wildman–Crippen MR) is 90.8 cm³/mol. The summed E-state index contributed by atoms with van der Waals surface area (Å²) in [5.41, 5.74) is 5.88. The lowest BCUT2D eigenvalue weighted by molar-refractivity contribution is -0.383.